The lowest BCUT2D eigenvalue weighted by Crippen LogP contribution is -2.35. The molecule has 0 aliphatic carbocycles. The highest BCUT2D eigenvalue weighted by Gasteiger charge is 2.19. The third-order valence-electron chi connectivity index (χ3n) is 6.65. The first-order valence-electron chi connectivity index (χ1n) is 12.4. The van der Waals surface area contributed by atoms with E-state index in [1.807, 2.05) is 18.2 Å². The molecule has 0 bridgehead atoms. The minimum absolute atomic E-state index is 0.223. The molecule has 1 aliphatic heterocycles. The van der Waals surface area contributed by atoms with Gasteiger partial charge in [0.25, 0.3) is 0 Å². The highest BCUT2D eigenvalue weighted by atomic mass is 16.5. The van der Waals surface area contributed by atoms with Gasteiger partial charge < -0.3 is 19.5 Å². The molecule has 0 radical (unpaired) electrons. The molecule has 1 aliphatic rings. The molecule has 1 amide bonds. The third kappa shape index (κ3) is 5.33. The van der Waals surface area contributed by atoms with Gasteiger partial charge in [-0.25, -0.2) is 4.98 Å². The largest absolute Gasteiger partial charge is 0.491 e. The van der Waals surface area contributed by atoms with Crippen molar-refractivity contribution in [2.45, 2.75) is 18.9 Å². The molecule has 0 spiro atoms. The number of imidazole rings is 1. The first-order chi connectivity index (χ1) is 18.6. The van der Waals surface area contributed by atoms with E-state index in [0.717, 1.165) is 53.9 Å². The maximum absolute atomic E-state index is 12.0. The Bertz CT molecular complexity index is 1470. The van der Waals surface area contributed by atoms with Crippen LogP contribution in [0.4, 0.5) is 5.69 Å². The molecule has 1 saturated heterocycles. The van der Waals surface area contributed by atoms with E-state index in [9.17, 15) is 9.90 Å². The summed E-state index contributed by atoms with van der Waals surface area (Å²) in [6.45, 7) is 2.56. The molecule has 5 rings (SSSR count). The number of nitrogens with zero attached hydrogens (tertiary/aromatic N) is 6. The lowest BCUT2D eigenvalue weighted by molar-refractivity contribution is 0.100. The number of fused-ring (bicyclic) bond motifs is 1. The van der Waals surface area contributed by atoms with Crippen LogP contribution < -0.4 is 9.64 Å². The van der Waals surface area contributed by atoms with Gasteiger partial charge in [-0.3, -0.25) is 9.36 Å². The summed E-state index contributed by atoms with van der Waals surface area (Å²) in [5.41, 5.74) is 13.4. The van der Waals surface area contributed by atoms with E-state index in [-0.39, 0.29) is 6.10 Å². The van der Waals surface area contributed by atoms with Gasteiger partial charge in [0.1, 0.15) is 18.2 Å². The van der Waals surface area contributed by atoms with E-state index in [2.05, 4.69) is 43.8 Å². The van der Waals surface area contributed by atoms with Crippen LogP contribution >= 0.6 is 0 Å². The molecule has 10 heteroatoms. The lowest BCUT2D eigenvalue weighted by Gasteiger charge is -2.31. The molecular weight excluding hydrogens is 484 g/mol. The fourth-order valence-electron chi connectivity index (χ4n) is 4.64. The summed E-state index contributed by atoms with van der Waals surface area (Å²) in [6, 6.07) is 20.9. The lowest BCUT2D eigenvalue weighted by atomic mass is 10.1. The van der Waals surface area contributed by atoms with Crippen molar-refractivity contribution >= 4 is 22.6 Å². The monoisotopic (exact) mass is 512 g/mol. The highest BCUT2D eigenvalue weighted by Crippen LogP contribution is 2.32. The van der Waals surface area contributed by atoms with Crippen LogP contribution in [0.3, 0.4) is 0 Å². The normalized spacial score (nSPS) is 13.9. The molecule has 0 atom stereocenters. The molecule has 38 heavy (non-hydrogen) atoms. The number of ether oxygens (including phenoxy) is 2. The molecule has 194 valence electrons. The molecule has 1 aromatic heterocycles. The Morgan fingerprint density at radius 1 is 1.05 bits per heavy atom. The second-order valence-corrected chi connectivity index (χ2v) is 9.07. The zero-order chi connectivity index (χ0) is 26.5. The maximum Gasteiger partial charge on any atom is 0.249 e. The zero-order valence-electron chi connectivity index (χ0n) is 21.0. The predicted molar refractivity (Wildman–Crippen MR) is 145 cm³/mol. The number of azide groups is 1. The van der Waals surface area contributed by atoms with Crippen molar-refractivity contribution in [1.29, 1.82) is 0 Å². The fourth-order valence-corrected chi connectivity index (χ4v) is 4.64. The zero-order valence-corrected chi connectivity index (χ0v) is 21.0. The Morgan fingerprint density at radius 3 is 2.45 bits per heavy atom. The number of carbonyl (C=O) groups excluding carboxylic acids is 1. The maximum atomic E-state index is 12.0. The number of hydrogen-bond donors (Lipinski definition) is 1. The van der Waals surface area contributed by atoms with Crippen molar-refractivity contribution in [2.75, 3.05) is 38.3 Å². The number of methoxy groups -OCH3 is 1. The Morgan fingerprint density at radius 2 is 1.76 bits per heavy atom. The first-order valence-corrected chi connectivity index (χ1v) is 12.4. The molecule has 0 saturated carbocycles. The molecule has 0 unspecified atom stereocenters. The average Bonchev–Trinajstić information content (AvgIpc) is 3.33. The summed E-state index contributed by atoms with van der Waals surface area (Å²) in [4.78, 5) is 21.7. The molecule has 3 aromatic carbocycles. The molecule has 4 aromatic rings. The van der Waals surface area contributed by atoms with Crippen LogP contribution in [-0.4, -0.2) is 60.1 Å². The Balaban J connectivity index is 1.55. The van der Waals surface area contributed by atoms with Crippen molar-refractivity contribution in [2.24, 2.45) is 5.11 Å². The summed E-state index contributed by atoms with van der Waals surface area (Å²) in [7, 11) is 1.63. The minimum atomic E-state index is -0.633. The van der Waals surface area contributed by atoms with Crippen molar-refractivity contribution in [3.05, 3.63) is 82.7 Å². The van der Waals surface area contributed by atoms with E-state index < -0.39 is 5.91 Å². The van der Waals surface area contributed by atoms with Gasteiger partial charge in [0.05, 0.1) is 23.7 Å². The van der Waals surface area contributed by atoms with Crippen LogP contribution in [0.5, 0.6) is 5.75 Å². The van der Waals surface area contributed by atoms with Gasteiger partial charge in [-0.1, -0.05) is 24.3 Å². The van der Waals surface area contributed by atoms with Gasteiger partial charge in [0.15, 0.2) is 0 Å². The number of anilines is 1. The number of aromatic nitrogens is 2. The standard InChI is InChI=1S/C28H28N6O4/c1-37-16-17-38-24-10-11-25-26(18-24)34(22-8-6-21(7-9-22)33-14-12-23(35)13-15-33)27(30-25)19-2-4-20(5-3-19)28(36)31-32-29/h2-11,18,23,35H,12-17H2,1H3. The highest BCUT2D eigenvalue weighted by molar-refractivity contribution is 5.95. The summed E-state index contributed by atoms with van der Waals surface area (Å²) in [5, 5.41) is 13.0. The number of piperidine rings is 1. The van der Waals surface area contributed by atoms with Gasteiger partial charge in [-0.05, 0) is 59.9 Å². The molecular formula is C28H28N6O4. The Kier molecular flexibility index (Phi) is 7.55. The van der Waals surface area contributed by atoms with Crippen LogP contribution in [0.25, 0.3) is 38.6 Å². The average molecular weight is 513 g/mol. The quantitative estimate of drug-likeness (QED) is 0.151. The minimum Gasteiger partial charge on any atom is -0.491 e. The van der Waals surface area contributed by atoms with Crippen LogP contribution in [-0.2, 0) is 4.74 Å². The van der Waals surface area contributed by atoms with Crippen molar-refractivity contribution < 1.29 is 19.4 Å². The smallest absolute Gasteiger partial charge is 0.249 e. The van der Waals surface area contributed by atoms with E-state index in [1.54, 1.807) is 31.4 Å². The predicted octanol–water partition coefficient (Wildman–Crippen LogP) is 5.13. The topological polar surface area (TPSA) is 126 Å². The second kappa shape index (κ2) is 11.4. The van der Waals surface area contributed by atoms with E-state index >= 15 is 0 Å². The van der Waals surface area contributed by atoms with Crippen LogP contribution in [0.1, 0.15) is 23.2 Å². The molecule has 10 nitrogen and oxygen atoms in total. The summed E-state index contributed by atoms with van der Waals surface area (Å²) < 4.78 is 13.0. The van der Waals surface area contributed by atoms with Crippen LogP contribution in [0.2, 0.25) is 0 Å². The number of carbonyl (C=O) groups is 1. The van der Waals surface area contributed by atoms with E-state index in [4.69, 9.17) is 20.0 Å². The molecule has 1 N–H and O–H groups in total. The summed E-state index contributed by atoms with van der Waals surface area (Å²) in [6.07, 6.45) is 1.31. The van der Waals surface area contributed by atoms with Gasteiger partial charge in [0.2, 0.25) is 5.91 Å². The molecule has 1 fully saturated rings. The van der Waals surface area contributed by atoms with Crippen molar-refractivity contribution in [3.8, 4) is 22.8 Å². The SMILES string of the molecule is COCCOc1ccc2nc(-c3ccc(C(=O)N=[N+]=[N-])cc3)n(-c3ccc(N4CCC(O)CC4)cc3)c2c1. The Hall–Kier alpha value is -4.37. The van der Waals surface area contributed by atoms with Gasteiger partial charge in [0, 0.05) is 53.7 Å². The number of rotatable bonds is 8. The number of amides is 1. The second-order valence-electron chi connectivity index (χ2n) is 9.07. The van der Waals surface area contributed by atoms with E-state index in [1.165, 1.54) is 0 Å². The van der Waals surface area contributed by atoms with Crippen LogP contribution in [0, 0.1) is 0 Å². The summed E-state index contributed by atoms with van der Waals surface area (Å²) in [5.74, 6) is 0.776. The molecule has 2 heterocycles. The Labute approximate surface area is 219 Å². The van der Waals surface area contributed by atoms with Gasteiger partial charge in [-0.15, -0.1) is 0 Å². The van der Waals surface area contributed by atoms with Gasteiger partial charge in [-0.2, -0.15) is 0 Å². The number of benzene rings is 3. The fraction of sp³-hybridized carbons (Fsp3) is 0.286. The number of aliphatic hydroxyl groups is 1. The number of aliphatic hydroxyl groups excluding tert-OH is 1. The summed E-state index contributed by atoms with van der Waals surface area (Å²) >= 11 is 0. The van der Waals surface area contributed by atoms with E-state index in [0.29, 0.717) is 30.4 Å². The number of hydrogen-bond acceptors (Lipinski definition) is 6. The van der Waals surface area contributed by atoms with Crippen molar-refractivity contribution in [1.82, 2.24) is 9.55 Å². The van der Waals surface area contributed by atoms with Crippen molar-refractivity contribution in [3.63, 3.8) is 0 Å². The van der Waals surface area contributed by atoms with Gasteiger partial charge >= 0.3 is 0 Å². The third-order valence-corrected chi connectivity index (χ3v) is 6.65. The first kappa shape index (κ1) is 25.3. The van der Waals surface area contributed by atoms with Crippen LogP contribution in [0.15, 0.2) is 71.8 Å².